The van der Waals surface area contributed by atoms with Crippen molar-refractivity contribution in [2.75, 3.05) is 13.1 Å². The molecule has 2 aliphatic rings. The third kappa shape index (κ3) is 3.21. The van der Waals surface area contributed by atoms with E-state index in [1.54, 1.807) is 0 Å². The maximum absolute atomic E-state index is 11.8. The van der Waals surface area contributed by atoms with Crippen LogP contribution in [0.25, 0.3) is 0 Å². The van der Waals surface area contributed by atoms with Gasteiger partial charge in [0.15, 0.2) is 0 Å². The second kappa shape index (κ2) is 5.17. The number of hydrogen-bond acceptors (Lipinski definition) is 2. The molecule has 0 bridgehead atoms. The molecular weight excluding hydrogens is 200 g/mol. The van der Waals surface area contributed by atoms with Crippen molar-refractivity contribution in [1.82, 2.24) is 10.6 Å². The third-order valence-electron chi connectivity index (χ3n) is 4.06. The van der Waals surface area contributed by atoms with Crippen LogP contribution in [-0.2, 0) is 4.79 Å². The van der Waals surface area contributed by atoms with Crippen molar-refractivity contribution in [1.29, 1.82) is 0 Å². The van der Waals surface area contributed by atoms with Gasteiger partial charge in [-0.3, -0.25) is 4.79 Å². The summed E-state index contributed by atoms with van der Waals surface area (Å²) in [5, 5.41) is 6.48. The number of amides is 1. The van der Waals surface area contributed by atoms with Gasteiger partial charge in [0.05, 0.1) is 5.54 Å². The van der Waals surface area contributed by atoms with E-state index in [1.165, 1.54) is 25.7 Å². The summed E-state index contributed by atoms with van der Waals surface area (Å²) >= 11 is 0. The van der Waals surface area contributed by atoms with E-state index in [2.05, 4.69) is 17.6 Å². The lowest BCUT2D eigenvalue weighted by Crippen LogP contribution is -2.47. The predicted molar refractivity (Wildman–Crippen MR) is 65.2 cm³/mol. The zero-order valence-electron chi connectivity index (χ0n) is 10.3. The second-order valence-corrected chi connectivity index (χ2v) is 5.72. The van der Waals surface area contributed by atoms with Gasteiger partial charge < -0.3 is 10.6 Å². The highest BCUT2D eigenvalue weighted by molar-refractivity contribution is 5.76. The summed E-state index contributed by atoms with van der Waals surface area (Å²) in [6.45, 7) is 4.09. The Kier molecular flexibility index (Phi) is 3.85. The van der Waals surface area contributed by atoms with Crippen molar-refractivity contribution >= 4 is 5.91 Å². The van der Waals surface area contributed by atoms with Crippen molar-refractivity contribution in [2.24, 2.45) is 5.92 Å². The summed E-state index contributed by atoms with van der Waals surface area (Å²) in [4.78, 5) is 11.8. The van der Waals surface area contributed by atoms with Gasteiger partial charge in [-0.15, -0.1) is 0 Å². The van der Waals surface area contributed by atoms with E-state index in [4.69, 9.17) is 0 Å². The molecule has 0 spiro atoms. The van der Waals surface area contributed by atoms with Crippen LogP contribution in [0.3, 0.4) is 0 Å². The average molecular weight is 224 g/mol. The summed E-state index contributed by atoms with van der Waals surface area (Å²) in [5.41, 5.74) is 0.00671. The summed E-state index contributed by atoms with van der Waals surface area (Å²) in [5.74, 6) is 1.07. The molecule has 1 amide bonds. The quantitative estimate of drug-likeness (QED) is 0.765. The van der Waals surface area contributed by atoms with E-state index in [-0.39, 0.29) is 11.4 Å². The van der Waals surface area contributed by atoms with E-state index in [1.807, 2.05) is 0 Å². The van der Waals surface area contributed by atoms with Crippen LogP contribution >= 0.6 is 0 Å². The Balaban J connectivity index is 1.67. The molecule has 0 radical (unpaired) electrons. The highest BCUT2D eigenvalue weighted by Crippen LogP contribution is 2.28. The van der Waals surface area contributed by atoms with Crippen LogP contribution in [-0.4, -0.2) is 24.5 Å². The molecule has 0 aromatic carbocycles. The molecule has 16 heavy (non-hydrogen) atoms. The topological polar surface area (TPSA) is 41.1 Å². The standard InChI is InChI=1S/C13H24N2O/c1-13(8-9-14-10-13)15-12(16)7-6-11-4-2-3-5-11/h11,14H,2-10H2,1H3,(H,15,16). The molecule has 2 N–H and O–H groups in total. The van der Waals surface area contributed by atoms with E-state index >= 15 is 0 Å². The summed E-state index contributed by atoms with van der Waals surface area (Å²) < 4.78 is 0. The van der Waals surface area contributed by atoms with Crippen LogP contribution in [0.5, 0.6) is 0 Å². The van der Waals surface area contributed by atoms with Gasteiger partial charge in [0, 0.05) is 13.0 Å². The maximum atomic E-state index is 11.8. The molecule has 1 heterocycles. The second-order valence-electron chi connectivity index (χ2n) is 5.72. The third-order valence-corrected chi connectivity index (χ3v) is 4.06. The molecule has 3 nitrogen and oxygen atoms in total. The Hall–Kier alpha value is -0.570. The molecule has 2 fully saturated rings. The Bertz CT molecular complexity index is 240. The van der Waals surface area contributed by atoms with Gasteiger partial charge in [-0.2, -0.15) is 0 Å². The summed E-state index contributed by atoms with van der Waals surface area (Å²) in [6, 6.07) is 0. The van der Waals surface area contributed by atoms with Crippen LogP contribution in [0, 0.1) is 5.92 Å². The lowest BCUT2D eigenvalue weighted by atomic mass is 9.99. The maximum Gasteiger partial charge on any atom is 0.220 e. The minimum absolute atomic E-state index is 0.00671. The van der Waals surface area contributed by atoms with Gasteiger partial charge in [0.25, 0.3) is 0 Å². The molecule has 1 saturated carbocycles. The first-order chi connectivity index (χ1) is 7.68. The lowest BCUT2D eigenvalue weighted by Gasteiger charge is -2.24. The molecule has 0 aromatic heterocycles. The monoisotopic (exact) mass is 224 g/mol. The fourth-order valence-electron chi connectivity index (χ4n) is 2.96. The molecule has 1 saturated heterocycles. The Labute approximate surface area is 98.4 Å². The first-order valence-corrected chi connectivity index (χ1v) is 6.70. The normalized spacial score (nSPS) is 30.8. The minimum Gasteiger partial charge on any atom is -0.350 e. The summed E-state index contributed by atoms with van der Waals surface area (Å²) in [7, 11) is 0. The van der Waals surface area contributed by atoms with E-state index < -0.39 is 0 Å². The van der Waals surface area contributed by atoms with Gasteiger partial charge in [0.1, 0.15) is 0 Å². The number of rotatable bonds is 4. The molecule has 1 aliphatic carbocycles. The Morgan fingerprint density at radius 2 is 2.19 bits per heavy atom. The van der Waals surface area contributed by atoms with Crippen LogP contribution < -0.4 is 10.6 Å². The van der Waals surface area contributed by atoms with Gasteiger partial charge in [0.2, 0.25) is 5.91 Å². The Morgan fingerprint density at radius 3 is 2.81 bits per heavy atom. The van der Waals surface area contributed by atoms with E-state index in [0.29, 0.717) is 0 Å². The first-order valence-electron chi connectivity index (χ1n) is 6.70. The predicted octanol–water partition coefficient (Wildman–Crippen LogP) is 1.82. The molecule has 2 rings (SSSR count). The fraction of sp³-hybridized carbons (Fsp3) is 0.923. The van der Waals surface area contributed by atoms with Crippen molar-refractivity contribution in [3.63, 3.8) is 0 Å². The average Bonchev–Trinajstić information content (AvgIpc) is 2.86. The molecular formula is C13H24N2O. The molecule has 3 heteroatoms. The van der Waals surface area contributed by atoms with Gasteiger partial charge >= 0.3 is 0 Å². The fourth-order valence-corrected chi connectivity index (χ4v) is 2.96. The SMILES string of the molecule is CC1(NC(=O)CCC2CCCC2)CCNC1. The number of hydrogen-bond donors (Lipinski definition) is 2. The highest BCUT2D eigenvalue weighted by atomic mass is 16.1. The van der Waals surface area contributed by atoms with Gasteiger partial charge in [-0.1, -0.05) is 25.7 Å². The Morgan fingerprint density at radius 1 is 1.44 bits per heavy atom. The van der Waals surface area contributed by atoms with Crippen molar-refractivity contribution < 1.29 is 4.79 Å². The van der Waals surface area contributed by atoms with E-state index in [9.17, 15) is 4.79 Å². The first kappa shape index (κ1) is 11.9. The summed E-state index contributed by atoms with van der Waals surface area (Å²) in [6.07, 6.45) is 8.29. The largest absolute Gasteiger partial charge is 0.350 e. The number of carbonyl (C=O) groups is 1. The highest BCUT2D eigenvalue weighted by Gasteiger charge is 2.29. The van der Waals surface area contributed by atoms with Gasteiger partial charge in [-0.25, -0.2) is 0 Å². The van der Waals surface area contributed by atoms with Crippen LogP contribution in [0.4, 0.5) is 0 Å². The van der Waals surface area contributed by atoms with Crippen LogP contribution in [0.15, 0.2) is 0 Å². The van der Waals surface area contributed by atoms with Crippen LogP contribution in [0.1, 0.15) is 51.9 Å². The molecule has 1 unspecified atom stereocenters. The molecule has 0 aromatic rings. The zero-order valence-corrected chi connectivity index (χ0v) is 10.3. The lowest BCUT2D eigenvalue weighted by molar-refractivity contribution is -0.122. The minimum atomic E-state index is 0.00671. The van der Waals surface area contributed by atoms with Crippen molar-refractivity contribution in [3.05, 3.63) is 0 Å². The van der Waals surface area contributed by atoms with Gasteiger partial charge in [-0.05, 0) is 32.2 Å². The van der Waals surface area contributed by atoms with E-state index in [0.717, 1.165) is 38.3 Å². The van der Waals surface area contributed by atoms with Crippen LogP contribution in [0.2, 0.25) is 0 Å². The molecule has 1 atom stereocenters. The molecule has 92 valence electrons. The number of nitrogens with one attached hydrogen (secondary N) is 2. The van der Waals surface area contributed by atoms with Crippen molar-refractivity contribution in [3.8, 4) is 0 Å². The smallest absolute Gasteiger partial charge is 0.220 e. The van der Waals surface area contributed by atoms with Crippen molar-refractivity contribution in [2.45, 2.75) is 57.4 Å². The zero-order chi connectivity index (χ0) is 11.4. The number of carbonyl (C=O) groups excluding carboxylic acids is 1. The molecule has 1 aliphatic heterocycles.